The summed E-state index contributed by atoms with van der Waals surface area (Å²) >= 11 is 0. The maximum absolute atomic E-state index is 9.60. The van der Waals surface area contributed by atoms with Crippen LogP contribution in [0.25, 0.3) is 0 Å². The van der Waals surface area contributed by atoms with E-state index < -0.39 is 5.97 Å². The van der Waals surface area contributed by atoms with Crippen molar-refractivity contribution < 1.29 is 18.2 Å². The van der Waals surface area contributed by atoms with E-state index in [2.05, 4.69) is 0 Å². The molecule has 3 nitrogen and oxygen atoms in total. The molecule has 0 atom stereocenters. The third-order valence-electron chi connectivity index (χ3n) is 0.464. The zero-order chi connectivity index (χ0) is 4.99. The Morgan fingerprint density at radius 2 is 2.12 bits per heavy atom. The van der Waals surface area contributed by atoms with Gasteiger partial charge in [0, 0.05) is 6.42 Å². The molecular formula is C4H12CaO3. The number of carboxylic acids is 1. The molecule has 3 N–H and O–H groups in total. The van der Waals surface area contributed by atoms with E-state index in [0.29, 0.717) is 6.42 Å². The van der Waals surface area contributed by atoms with Crippen LogP contribution in [0.3, 0.4) is 0 Å². The summed E-state index contributed by atoms with van der Waals surface area (Å²) in [5.41, 5.74) is 0. The van der Waals surface area contributed by atoms with Gasteiger partial charge in [-0.05, 0) is 6.42 Å². The van der Waals surface area contributed by atoms with Crippen LogP contribution in [0.5, 0.6) is 0 Å². The van der Waals surface area contributed by atoms with E-state index in [1.165, 1.54) is 0 Å². The predicted molar refractivity (Wildman–Crippen MR) is 34.1 cm³/mol. The summed E-state index contributed by atoms with van der Waals surface area (Å²) in [5, 5.41) is 7.91. The molecule has 0 aromatic rings. The zero-order valence-corrected chi connectivity index (χ0v) is 7.19. The summed E-state index contributed by atoms with van der Waals surface area (Å²) in [6.07, 6.45) is 1.02. The molecule has 0 saturated heterocycles. The fourth-order valence-electron chi connectivity index (χ4n) is 0.214. The largest absolute Gasteiger partial charge is 2.00 e. The number of hydrogen-bond acceptors (Lipinski definition) is 1. The average molecular weight is 148 g/mol. The molecule has 0 heterocycles. The molecule has 0 aromatic carbocycles. The first kappa shape index (κ1) is 15.9. The van der Waals surface area contributed by atoms with Crippen LogP contribution in [0.4, 0.5) is 0 Å². The molecule has 8 heavy (non-hydrogen) atoms. The van der Waals surface area contributed by atoms with Gasteiger partial charge in [-0.1, -0.05) is 6.92 Å². The van der Waals surface area contributed by atoms with Gasteiger partial charge in [-0.25, -0.2) is 0 Å². The van der Waals surface area contributed by atoms with Crippen LogP contribution in [-0.2, 0) is 4.79 Å². The van der Waals surface area contributed by atoms with Crippen molar-refractivity contribution in [2.75, 3.05) is 0 Å². The second kappa shape index (κ2) is 10.6. The second-order valence-electron chi connectivity index (χ2n) is 1.14. The van der Waals surface area contributed by atoms with Crippen molar-refractivity contribution in [1.29, 1.82) is 0 Å². The summed E-state index contributed by atoms with van der Waals surface area (Å²) in [5.74, 6) is -0.711. The van der Waals surface area contributed by atoms with Gasteiger partial charge < -0.3 is 13.4 Å². The van der Waals surface area contributed by atoms with Gasteiger partial charge in [0.05, 0.1) is 0 Å². The molecule has 0 radical (unpaired) electrons. The molecule has 0 aliphatic rings. The molecule has 0 aliphatic heterocycles. The molecule has 48 valence electrons. The maximum Gasteiger partial charge on any atom is 2.00 e. The minimum Gasteiger partial charge on any atom is -1.00 e. The standard InChI is InChI=1S/C4H8O2.Ca.H2O.2H/c1-2-3-4(5)6;;;;/h2-3H2,1H3,(H,5,6);;1H2;;/q;+2;;2*-1. The molecule has 0 saturated carbocycles. The van der Waals surface area contributed by atoms with Gasteiger partial charge in [0.1, 0.15) is 0 Å². The van der Waals surface area contributed by atoms with Crippen LogP contribution in [0, 0.1) is 0 Å². The van der Waals surface area contributed by atoms with Gasteiger partial charge in [0.25, 0.3) is 0 Å². The van der Waals surface area contributed by atoms with Crippen molar-refractivity contribution in [3.8, 4) is 0 Å². The van der Waals surface area contributed by atoms with E-state index in [-0.39, 0.29) is 46.1 Å². The number of carboxylic acid groups (broad SMARTS) is 1. The Kier molecular flexibility index (Phi) is 21.1. The minimum atomic E-state index is -0.711. The Morgan fingerprint density at radius 1 is 1.75 bits per heavy atom. The Bertz CT molecular complexity index is 62.5. The van der Waals surface area contributed by atoms with E-state index in [0.717, 1.165) is 6.42 Å². The number of hydrogen-bond donors (Lipinski definition) is 1. The third kappa shape index (κ3) is 15.9. The fraction of sp³-hybridized carbons (Fsp3) is 0.750. The van der Waals surface area contributed by atoms with E-state index in [1.807, 2.05) is 6.92 Å². The average Bonchev–Trinajstić information content (AvgIpc) is 1.35. The van der Waals surface area contributed by atoms with Gasteiger partial charge in [-0.2, -0.15) is 0 Å². The molecular weight excluding hydrogens is 136 g/mol. The number of carbonyl (C=O) groups is 1. The third-order valence-corrected chi connectivity index (χ3v) is 0.464. The van der Waals surface area contributed by atoms with Gasteiger partial charge >= 0.3 is 43.7 Å². The van der Waals surface area contributed by atoms with Crippen LogP contribution in [-0.4, -0.2) is 54.3 Å². The summed E-state index contributed by atoms with van der Waals surface area (Å²) in [7, 11) is 0. The zero-order valence-electron chi connectivity index (χ0n) is 6.98. The summed E-state index contributed by atoms with van der Waals surface area (Å²) < 4.78 is 0. The van der Waals surface area contributed by atoms with Gasteiger partial charge in [-0.3, -0.25) is 4.79 Å². The van der Waals surface area contributed by atoms with Crippen LogP contribution in [0.1, 0.15) is 22.6 Å². The van der Waals surface area contributed by atoms with E-state index in [9.17, 15) is 4.79 Å². The smallest absolute Gasteiger partial charge is 1.00 e. The topological polar surface area (TPSA) is 68.8 Å². The Labute approximate surface area is 81.4 Å². The summed E-state index contributed by atoms with van der Waals surface area (Å²) in [6.45, 7) is 1.84. The second-order valence-corrected chi connectivity index (χ2v) is 1.14. The fourth-order valence-corrected chi connectivity index (χ4v) is 0.214. The molecule has 0 aliphatic carbocycles. The molecule has 0 unspecified atom stereocenters. The molecule has 0 amide bonds. The monoisotopic (exact) mass is 148 g/mol. The van der Waals surface area contributed by atoms with Crippen molar-refractivity contribution in [2.24, 2.45) is 0 Å². The summed E-state index contributed by atoms with van der Waals surface area (Å²) in [4.78, 5) is 9.60. The van der Waals surface area contributed by atoms with Crippen LogP contribution < -0.4 is 0 Å². The first-order valence-corrected chi connectivity index (χ1v) is 1.99. The van der Waals surface area contributed by atoms with Crippen molar-refractivity contribution in [3.63, 3.8) is 0 Å². The first-order valence-electron chi connectivity index (χ1n) is 1.99. The van der Waals surface area contributed by atoms with Crippen molar-refractivity contribution in [1.82, 2.24) is 0 Å². The van der Waals surface area contributed by atoms with E-state index >= 15 is 0 Å². The van der Waals surface area contributed by atoms with Gasteiger partial charge in [0.15, 0.2) is 0 Å². The molecule has 0 bridgehead atoms. The van der Waals surface area contributed by atoms with Crippen molar-refractivity contribution in [3.05, 3.63) is 0 Å². The summed E-state index contributed by atoms with van der Waals surface area (Å²) in [6, 6.07) is 0. The first-order chi connectivity index (χ1) is 2.77. The van der Waals surface area contributed by atoms with Crippen LogP contribution in [0.2, 0.25) is 0 Å². The normalized spacial score (nSPS) is 6.12. The molecule has 0 rings (SSSR count). The maximum atomic E-state index is 9.60. The SMILES string of the molecule is CCCC(=O)O.O.[Ca+2].[H-].[H-]. The Balaban J connectivity index is -0.0000000208. The van der Waals surface area contributed by atoms with E-state index in [1.54, 1.807) is 0 Å². The Hall–Kier alpha value is 0.690. The van der Waals surface area contributed by atoms with Crippen molar-refractivity contribution in [2.45, 2.75) is 19.8 Å². The molecule has 0 spiro atoms. The van der Waals surface area contributed by atoms with Crippen LogP contribution >= 0.6 is 0 Å². The van der Waals surface area contributed by atoms with Crippen LogP contribution in [0.15, 0.2) is 0 Å². The minimum absolute atomic E-state index is 0. The van der Waals surface area contributed by atoms with Gasteiger partial charge in [-0.15, -0.1) is 0 Å². The van der Waals surface area contributed by atoms with Crippen molar-refractivity contribution >= 4 is 43.7 Å². The quantitative estimate of drug-likeness (QED) is 0.555. The van der Waals surface area contributed by atoms with E-state index in [4.69, 9.17) is 5.11 Å². The van der Waals surface area contributed by atoms with Gasteiger partial charge in [0.2, 0.25) is 0 Å². The molecule has 0 fully saturated rings. The molecule has 4 heteroatoms. The number of rotatable bonds is 2. The number of aliphatic carboxylic acids is 1. The molecule has 0 aromatic heterocycles. The Morgan fingerprint density at radius 3 is 2.12 bits per heavy atom. The predicted octanol–water partition coefficient (Wildman–Crippen LogP) is -0.109.